The van der Waals surface area contributed by atoms with Crippen molar-refractivity contribution in [2.24, 2.45) is 0 Å². The summed E-state index contributed by atoms with van der Waals surface area (Å²) >= 11 is 3.41. The van der Waals surface area contributed by atoms with Gasteiger partial charge < -0.3 is 16.0 Å². The number of urea groups is 1. The number of halogens is 1. The van der Waals surface area contributed by atoms with Gasteiger partial charge in [0.2, 0.25) is 5.91 Å². The van der Waals surface area contributed by atoms with Gasteiger partial charge in [0.15, 0.2) is 0 Å². The third kappa shape index (κ3) is 4.60. The van der Waals surface area contributed by atoms with Crippen LogP contribution in [0.5, 0.6) is 0 Å². The van der Waals surface area contributed by atoms with E-state index in [1.54, 1.807) is 24.3 Å². The topological polar surface area (TPSA) is 70.2 Å². The predicted molar refractivity (Wildman–Crippen MR) is 92.3 cm³/mol. The van der Waals surface area contributed by atoms with Crippen molar-refractivity contribution in [2.45, 2.75) is 13.8 Å². The lowest BCUT2D eigenvalue weighted by atomic mass is 10.2. The summed E-state index contributed by atoms with van der Waals surface area (Å²) < 4.78 is 0.987. The van der Waals surface area contributed by atoms with Crippen molar-refractivity contribution < 1.29 is 9.59 Å². The van der Waals surface area contributed by atoms with Gasteiger partial charge in [0.25, 0.3) is 0 Å². The van der Waals surface area contributed by atoms with Gasteiger partial charge in [-0.1, -0.05) is 22.0 Å². The number of hydrogen-bond acceptors (Lipinski definition) is 2. The Hall–Kier alpha value is -2.34. The molecular formula is C16H16BrN3O2. The molecule has 0 fully saturated rings. The largest absolute Gasteiger partial charge is 0.326 e. The minimum atomic E-state index is -0.346. The Kier molecular flexibility index (Phi) is 5.16. The molecule has 3 N–H and O–H groups in total. The normalized spacial score (nSPS) is 9.95. The number of aryl methyl sites for hydroxylation is 1. The fraction of sp³-hybridized carbons (Fsp3) is 0.125. The number of rotatable bonds is 3. The molecule has 0 saturated heterocycles. The van der Waals surface area contributed by atoms with Crippen molar-refractivity contribution in [3.63, 3.8) is 0 Å². The molecule has 6 heteroatoms. The molecule has 0 heterocycles. The highest BCUT2D eigenvalue weighted by molar-refractivity contribution is 9.10. The molecule has 2 aromatic carbocycles. The summed E-state index contributed by atoms with van der Waals surface area (Å²) in [5.74, 6) is -0.160. The lowest BCUT2D eigenvalue weighted by Crippen LogP contribution is -2.19. The third-order valence-corrected chi connectivity index (χ3v) is 3.75. The quantitative estimate of drug-likeness (QED) is 0.759. The summed E-state index contributed by atoms with van der Waals surface area (Å²) in [6, 6.07) is 12.2. The van der Waals surface area contributed by atoms with Gasteiger partial charge in [0.05, 0.1) is 0 Å². The Morgan fingerprint density at radius 3 is 2.09 bits per heavy atom. The highest BCUT2D eigenvalue weighted by atomic mass is 79.9. The molecule has 3 amide bonds. The molecule has 0 spiro atoms. The smallest absolute Gasteiger partial charge is 0.323 e. The summed E-state index contributed by atoms with van der Waals surface area (Å²) in [4.78, 5) is 23.0. The lowest BCUT2D eigenvalue weighted by molar-refractivity contribution is -0.114. The molecule has 0 aliphatic carbocycles. The van der Waals surface area contributed by atoms with Gasteiger partial charge in [0.1, 0.15) is 0 Å². The van der Waals surface area contributed by atoms with Gasteiger partial charge in [-0.15, -0.1) is 0 Å². The Bertz CT molecular complexity index is 716. The minimum absolute atomic E-state index is 0.160. The lowest BCUT2D eigenvalue weighted by Gasteiger charge is -2.10. The summed E-state index contributed by atoms with van der Waals surface area (Å²) in [7, 11) is 0. The number of amides is 3. The molecule has 0 aromatic heterocycles. The van der Waals surface area contributed by atoms with Crippen LogP contribution in [0, 0.1) is 6.92 Å². The van der Waals surface area contributed by atoms with Crippen LogP contribution >= 0.6 is 15.9 Å². The van der Waals surface area contributed by atoms with Gasteiger partial charge in [-0.25, -0.2) is 4.79 Å². The summed E-state index contributed by atoms with van der Waals surface area (Å²) in [6.07, 6.45) is 0. The van der Waals surface area contributed by atoms with E-state index in [1.165, 1.54) is 6.92 Å². The van der Waals surface area contributed by atoms with E-state index in [0.29, 0.717) is 17.1 Å². The summed E-state index contributed by atoms with van der Waals surface area (Å²) in [5, 5.41) is 8.15. The molecule has 2 rings (SSSR count). The monoisotopic (exact) mass is 361 g/mol. The number of nitrogens with one attached hydrogen (secondary N) is 3. The SMILES string of the molecule is CC(=O)Nc1cccc(NC(=O)Nc2ccc(Br)c(C)c2)c1. The van der Waals surface area contributed by atoms with Gasteiger partial charge in [-0.3, -0.25) is 4.79 Å². The second-order valence-corrected chi connectivity index (χ2v) is 5.66. The van der Waals surface area contributed by atoms with E-state index in [-0.39, 0.29) is 11.9 Å². The zero-order valence-electron chi connectivity index (χ0n) is 12.2. The van der Waals surface area contributed by atoms with Gasteiger partial charge in [0, 0.05) is 28.5 Å². The van der Waals surface area contributed by atoms with Crippen LogP contribution < -0.4 is 16.0 Å². The molecular weight excluding hydrogens is 346 g/mol. The van der Waals surface area contributed by atoms with E-state index in [1.807, 2.05) is 25.1 Å². The highest BCUT2D eigenvalue weighted by Crippen LogP contribution is 2.20. The zero-order valence-corrected chi connectivity index (χ0v) is 13.8. The fourth-order valence-corrected chi connectivity index (χ4v) is 2.14. The predicted octanol–water partition coefficient (Wildman–Crippen LogP) is 4.36. The molecule has 0 saturated carbocycles. The first-order valence-electron chi connectivity index (χ1n) is 6.66. The van der Waals surface area contributed by atoms with Crippen LogP contribution in [-0.2, 0) is 4.79 Å². The average Bonchev–Trinajstić information content (AvgIpc) is 2.42. The first-order valence-corrected chi connectivity index (χ1v) is 7.45. The first-order chi connectivity index (χ1) is 10.4. The molecule has 0 atom stereocenters. The van der Waals surface area contributed by atoms with E-state index in [0.717, 1.165) is 10.0 Å². The van der Waals surface area contributed by atoms with Crippen molar-refractivity contribution in [3.05, 3.63) is 52.5 Å². The van der Waals surface area contributed by atoms with E-state index in [4.69, 9.17) is 0 Å². The molecule has 22 heavy (non-hydrogen) atoms. The zero-order chi connectivity index (χ0) is 16.1. The second-order valence-electron chi connectivity index (χ2n) is 4.81. The molecule has 114 valence electrons. The van der Waals surface area contributed by atoms with Gasteiger partial charge in [-0.2, -0.15) is 0 Å². The molecule has 2 aromatic rings. The number of benzene rings is 2. The fourth-order valence-electron chi connectivity index (χ4n) is 1.89. The third-order valence-electron chi connectivity index (χ3n) is 2.86. The summed E-state index contributed by atoms with van der Waals surface area (Å²) in [5.41, 5.74) is 2.96. The standard InChI is InChI=1S/C16H16BrN3O2/c1-10-8-14(6-7-15(10)17)20-16(22)19-13-5-3-4-12(9-13)18-11(2)21/h3-9H,1-2H3,(H,18,21)(H2,19,20,22). The highest BCUT2D eigenvalue weighted by Gasteiger charge is 2.05. The van der Waals surface area contributed by atoms with E-state index < -0.39 is 0 Å². The molecule has 5 nitrogen and oxygen atoms in total. The summed E-state index contributed by atoms with van der Waals surface area (Å²) in [6.45, 7) is 3.38. The van der Waals surface area contributed by atoms with Crippen molar-refractivity contribution in [3.8, 4) is 0 Å². The Morgan fingerprint density at radius 1 is 0.909 bits per heavy atom. The molecule has 0 bridgehead atoms. The van der Waals surface area contributed by atoms with Crippen LogP contribution in [-0.4, -0.2) is 11.9 Å². The number of carbonyl (C=O) groups excluding carboxylic acids is 2. The molecule has 0 unspecified atom stereocenters. The van der Waals surface area contributed by atoms with Gasteiger partial charge >= 0.3 is 6.03 Å². The van der Waals surface area contributed by atoms with Crippen molar-refractivity contribution in [1.82, 2.24) is 0 Å². The number of carbonyl (C=O) groups is 2. The first kappa shape index (κ1) is 16.0. The van der Waals surface area contributed by atoms with Crippen LogP contribution in [0.4, 0.5) is 21.9 Å². The number of anilines is 3. The molecule has 0 aliphatic rings. The van der Waals surface area contributed by atoms with Crippen LogP contribution in [0.25, 0.3) is 0 Å². The van der Waals surface area contributed by atoms with Crippen molar-refractivity contribution >= 4 is 44.9 Å². The van der Waals surface area contributed by atoms with E-state index in [9.17, 15) is 9.59 Å². The Balaban J connectivity index is 2.02. The minimum Gasteiger partial charge on any atom is -0.326 e. The maximum absolute atomic E-state index is 12.0. The van der Waals surface area contributed by atoms with Crippen molar-refractivity contribution in [2.75, 3.05) is 16.0 Å². The van der Waals surface area contributed by atoms with Crippen molar-refractivity contribution in [1.29, 1.82) is 0 Å². The van der Waals surface area contributed by atoms with Crippen LogP contribution in [0.3, 0.4) is 0 Å². The average molecular weight is 362 g/mol. The van der Waals surface area contributed by atoms with Crippen LogP contribution in [0.15, 0.2) is 46.9 Å². The number of hydrogen-bond donors (Lipinski definition) is 3. The Morgan fingerprint density at radius 2 is 1.50 bits per heavy atom. The Labute approximate surface area is 137 Å². The maximum atomic E-state index is 12.0. The molecule has 0 aliphatic heterocycles. The molecule has 0 radical (unpaired) electrons. The second kappa shape index (κ2) is 7.09. The maximum Gasteiger partial charge on any atom is 0.323 e. The van der Waals surface area contributed by atoms with Crippen LogP contribution in [0.1, 0.15) is 12.5 Å². The van der Waals surface area contributed by atoms with E-state index >= 15 is 0 Å². The van der Waals surface area contributed by atoms with E-state index in [2.05, 4.69) is 31.9 Å². The van der Waals surface area contributed by atoms with Gasteiger partial charge in [-0.05, 0) is 48.9 Å². The van der Waals surface area contributed by atoms with Crippen LogP contribution in [0.2, 0.25) is 0 Å².